The fourth-order valence-electron chi connectivity index (χ4n) is 3.28. The molecule has 1 aliphatic rings. The van der Waals surface area contributed by atoms with Crippen LogP contribution < -0.4 is 16.0 Å². The molecule has 4 nitrogen and oxygen atoms in total. The number of hydrogen-bond acceptors (Lipinski definition) is 3. The van der Waals surface area contributed by atoms with Gasteiger partial charge in [0.2, 0.25) is 5.91 Å². The van der Waals surface area contributed by atoms with E-state index in [1.165, 1.54) is 0 Å². The van der Waals surface area contributed by atoms with E-state index in [1.54, 1.807) is 12.1 Å². The third-order valence-electron chi connectivity index (χ3n) is 4.57. The van der Waals surface area contributed by atoms with Crippen LogP contribution >= 0.6 is 12.4 Å². The van der Waals surface area contributed by atoms with Gasteiger partial charge in [0.15, 0.2) is 0 Å². The molecule has 9 heteroatoms. The molecule has 2 aromatic carbocycles. The van der Waals surface area contributed by atoms with Gasteiger partial charge in [-0.3, -0.25) is 4.79 Å². The third-order valence-corrected chi connectivity index (χ3v) is 4.57. The number of nitrogens with two attached hydrogens (primary N) is 1. The minimum absolute atomic E-state index is 0. The first-order valence-electron chi connectivity index (χ1n) is 8.50. The van der Waals surface area contributed by atoms with E-state index in [9.17, 15) is 22.4 Å². The first kappa shape index (κ1) is 21.8. The molecule has 1 heterocycles. The number of benzene rings is 2. The van der Waals surface area contributed by atoms with Gasteiger partial charge >= 0.3 is 6.18 Å². The zero-order valence-corrected chi connectivity index (χ0v) is 15.7. The maximum atomic E-state index is 13.2. The lowest BCUT2D eigenvalue weighted by Gasteiger charge is -2.31. The molecule has 0 fully saturated rings. The molecule has 0 saturated heterocycles. The Morgan fingerprint density at radius 3 is 2.68 bits per heavy atom. The van der Waals surface area contributed by atoms with Gasteiger partial charge in [-0.15, -0.1) is 12.4 Å². The van der Waals surface area contributed by atoms with Crippen LogP contribution in [0.4, 0.5) is 28.9 Å². The van der Waals surface area contributed by atoms with Crippen molar-refractivity contribution in [2.24, 2.45) is 0 Å². The number of alkyl halides is 3. The van der Waals surface area contributed by atoms with Gasteiger partial charge in [-0.2, -0.15) is 13.2 Å². The number of amides is 1. The quantitative estimate of drug-likeness (QED) is 0.585. The van der Waals surface area contributed by atoms with Crippen molar-refractivity contribution < 1.29 is 22.4 Å². The van der Waals surface area contributed by atoms with Gasteiger partial charge in [0.1, 0.15) is 5.82 Å². The summed E-state index contributed by atoms with van der Waals surface area (Å²) in [6, 6.07) is 7.90. The normalized spacial score (nSPS) is 13.5. The lowest BCUT2D eigenvalue weighted by molar-refractivity contribution is -0.138. The second-order valence-electron chi connectivity index (χ2n) is 6.45. The molecule has 0 radical (unpaired) electrons. The predicted octanol–water partition coefficient (Wildman–Crippen LogP) is 3.92. The average Bonchev–Trinajstić information content (AvgIpc) is 2.61. The molecule has 0 spiro atoms. The number of carbonyl (C=O) groups is 1. The molecule has 0 aromatic heterocycles. The highest BCUT2D eigenvalue weighted by Crippen LogP contribution is 2.33. The minimum atomic E-state index is -4.69. The third kappa shape index (κ3) is 4.86. The van der Waals surface area contributed by atoms with Gasteiger partial charge in [0.25, 0.3) is 0 Å². The second-order valence-corrected chi connectivity index (χ2v) is 6.45. The lowest BCUT2D eigenvalue weighted by atomic mass is 10.00. The minimum Gasteiger partial charge on any atom is -0.398 e. The Balaban J connectivity index is 0.00000280. The zero-order valence-electron chi connectivity index (χ0n) is 14.9. The predicted molar refractivity (Wildman–Crippen MR) is 102 cm³/mol. The van der Waals surface area contributed by atoms with E-state index in [4.69, 9.17) is 5.73 Å². The molecule has 2 aromatic rings. The summed E-state index contributed by atoms with van der Waals surface area (Å²) in [7, 11) is 0. The summed E-state index contributed by atoms with van der Waals surface area (Å²) in [5, 5.41) is 2.49. The number of anilines is 2. The smallest absolute Gasteiger partial charge is 0.398 e. The fraction of sp³-hybridized carbons (Fsp3) is 0.316. The van der Waals surface area contributed by atoms with E-state index in [2.05, 4.69) is 5.32 Å². The van der Waals surface area contributed by atoms with Crippen LogP contribution in [-0.2, 0) is 23.9 Å². The number of halogens is 5. The van der Waals surface area contributed by atoms with Crippen LogP contribution in [0.5, 0.6) is 0 Å². The summed E-state index contributed by atoms with van der Waals surface area (Å²) in [5.74, 6) is -1.39. The van der Waals surface area contributed by atoms with E-state index in [0.717, 1.165) is 36.2 Å². The Hall–Kier alpha value is -2.48. The van der Waals surface area contributed by atoms with Crippen molar-refractivity contribution in [1.29, 1.82) is 0 Å². The summed E-state index contributed by atoms with van der Waals surface area (Å²) >= 11 is 0. The van der Waals surface area contributed by atoms with E-state index >= 15 is 0 Å². The number of nitrogen functional groups attached to an aromatic ring is 1. The van der Waals surface area contributed by atoms with Gasteiger partial charge in [0, 0.05) is 24.5 Å². The number of rotatable bonds is 4. The molecule has 1 amide bonds. The molecule has 0 aliphatic carbocycles. The van der Waals surface area contributed by atoms with Crippen molar-refractivity contribution in [3.63, 3.8) is 0 Å². The maximum Gasteiger partial charge on any atom is 0.416 e. The highest BCUT2D eigenvalue weighted by molar-refractivity contribution is 5.85. The Labute approximate surface area is 166 Å². The van der Waals surface area contributed by atoms with Crippen molar-refractivity contribution in [2.75, 3.05) is 23.7 Å². The first-order chi connectivity index (χ1) is 12.8. The van der Waals surface area contributed by atoms with Crippen LogP contribution in [0.15, 0.2) is 36.4 Å². The van der Waals surface area contributed by atoms with Crippen LogP contribution in [-0.4, -0.2) is 19.0 Å². The number of nitrogens with zero attached hydrogens (tertiary/aromatic N) is 1. The van der Waals surface area contributed by atoms with E-state index in [-0.39, 0.29) is 31.1 Å². The SMILES string of the molecule is Cl.Nc1cccc2c1CCCN2CC(=O)NCc1ccc(F)cc1C(F)(F)F. The second kappa shape index (κ2) is 8.68. The first-order valence-corrected chi connectivity index (χ1v) is 8.50. The van der Waals surface area contributed by atoms with E-state index < -0.39 is 23.5 Å². The van der Waals surface area contributed by atoms with Gasteiger partial charge < -0.3 is 16.0 Å². The van der Waals surface area contributed by atoms with Crippen molar-refractivity contribution >= 4 is 29.7 Å². The molecule has 28 heavy (non-hydrogen) atoms. The summed E-state index contributed by atoms with van der Waals surface area (Å²) in [4.78, 5) is 14.1. The van der Waals surface area contributed by atoms with Crippen LogP contribution in [0.25, 0.3) is 0 Å². The molecule has 152 valence electrons. The molecule has 0 unspecified atom stereocenters. The van der Waals surface area contributed by atoms with Crippen molar-refractivity contribution in [1.82, 2.24) is 5.32 Å². The van der Waals surface area contributed by atoms with Crippen molar-refractivity contribution in [3.8, 4) is 0 Å². The Bertz CT molecular complexity index is 858. The average molecular weight is 418 g/mol. The van der Waals surface area contributed by atoms with Crippen molar-refractivity contribution in [2.45, 2.75) is 25.6 Å². The Morgan fingerprint density at radius 2 is 1.96 bits per heavy atom. The molecular weight excluding hydrogens is 398 g/mol. The highest BCUT2D eigenvalue weighted by atomic mass is 35.5. The number of nitrogens with one attached hydrogen (secondary N) is 1. The number of hydrogen-bond donors (Lipinski definition) is 2. The fourth-order valence-corrected chi connectivity index (χ4v) is 3.28. The summed E-state index contributed by atoms with van der Waals surface area (Å²) in [5.41, 5.74) is 7.23. The summed E-state index contributed by atoms with van der Waals surface area (Å²) in [6.07, 6.45) is -3.03. The summed E-state index contributed by atoms with van der Waals surface area (Å²) < 4.78 is 52.2. The zero-order chi connectivity index (χ0) is 19.6. The van der Waals surface area contributed by atoms with E-state index in [1.807, 2.05) is 11.0 Å². The van der Waals surface area contributed by atoms with Crippen LogP contribution in [0.1, 0.15) is 23.1 Å². The van der Waals surface area contributed by atoms with Gasteiger partial charge in [-0.05, 0) is 48.2 Å². The topological polar surface area (TPSA) is 58.4 Å². The molecule has 0 saturated carbocycles. The van der Waals surface area contributed by atoms with Gasteiger partial charge in [-0.25, -0.2) is 4.39 Å². The molecule has 3 rings (SSSR count). The Kier molecular flexibility index (Phi) is 6.77. The molecular formula is C19H20ClF4N3O. The Morgan fingerprint density at radius 1 is 1.21 bits per heavy atom. The standard InChI is InChI=1S/C19H19F4N3O.ClH/c20-13-7-6-12(15(9-13)19(21,22)23)10-25-18(27)11-26-8-2-3-14-16(24)4-1-5-17(14)26;/h1,4-7,9H,2-3,8,10-11,24H2,(H,25,27);1H. The highest BCUT2D eigenvalue weighted by Gasteiger charge is 2.33. The molecule has 0 bridgehead atoms. The van der Waals surface area contributed by atoms with Crippen LogP contribution in [0, 0.1) is 5.82 Å². The van der Waals surface area contributed by atoms with Crippen LogP contribution in [0.2, 0.25) is 0 Å². The largest absolute Gasteiger partial charge is 0.416 e. The van der Waals surface area contributed by atoms with E-state index in [0.29, 0.717) is 18.3 Å². The monoisotopic (exact) mass is 417 g/mol. The molecule has 1 aliphatic heterocycles. The number of carbonyl (C=O) groups excluding carboxylic acids is 1. The lowest BCUT2D eigenvalue weighted by Crippen LogP contribution is -2.40. The molecule has 3 N–H and O–H groups in total. The van der Waals surface area contributed by atoms with Gasteiger partial charge in [-0.1, -0.05) is 12.1 Å². The summed E-state index contributed by atoms with van der Waals surface area (Å²) in [6.45, 7) is 0.346. The number of fused-ring (bicyclic) bond motifs is 1. The maximum absolute atomic E-state index is 13.2. The molecule has 0 atom stereocenters. The van der Waals surface area contributed by atoms with Gasteiger partial charge in [0.05, 0.1) is 12.1 Å². The van der Waals surface area contributed by atoms with Crippen LogP contribution in [0.3, 0.4) is 0 Å². The van der Waals surface area contributed by atoms with Crippen molar-refractivity contribution in [3.05, 3.63) is 58.9 Å².